The summed E-state index contributed by atoms with van der Waals surface area (Å²) in [5.74, 6) is 1.58. The Balaban J connectivity index is 1.39. The van der Waals surface area contributed by atoms with Crippen LogP contribution in [0.5, 0.6) is 5.75 Å². The Bertz CT molecular complexity index is 1120. The van der Waals surface area contributed by atoms with E-state index in [0.29, 0.717) is 13.2 Å². The standard InChI is InChI=1S/C27H30FN3O3/c28-21-4-1-5-22(18-21)31-11-2-6-24(31)23-17-20(27(32)30-9-3-10-30)16-19-7-8-25(34-26(19)23)29-12-14-33-15-13-29/h1,4-5,8,16-18,24H,2-3,6-7,9-15H2. The molecule has 4 heterocycles. The van der Waals surface area contributed by atoms with Crippen LogP contribution in [-0.2, 0) is 11.2 Å². The maximum absolute atomic E-state index is 14.1. The molecule has 4 aliphatic rings. The highest BCUT2D eigenvalue weighted by Gasteiger charge is 2.34. The van der Waals surface area contributed by atoms with Gasteiger partial charge in [-0.15, -0.1) is 0 Å². The Hall–Kier alpha value is -3.06. The number of hydrogen-bond donors (Lipinski definition) is 0. The van der Waals surface area contributed by atoms with Crippen LogP contribution in [0.25, 0.3) is 0 Å². The van der Waals surface area contributed by atoms with Crippen LogP contribution < -0.4 is 9.64 Å². The van der Waals surface area contributed by atoms with Gasteiger partial charge in [0.2, 0.25) is 0 Å². The highest BCUT2D eigenvalue weighted by Crippen LogP contribution is 2.44. The smallest absolute Gasteiger partial charge is 0.253 e. The molecular formula is C27H30FN3O3. The van der Waals surface area contributed by atoms with Crippen LogP contribution in [0.1, 0.15) is 46.8 Å². The minimum absolute atomic E-state index is 0.0312. The topological polar surface area (TPSA) is 45.3 Å². The molecule has 1 unspecified atom stereocenters. The fourth-order valence-electron chi connectivity index (χ4n) is 5.44. The number of carbonyl (C=O) groups is 1. The van der Waals surface area contributed by atoms with Gasteiger partial charge in [0.1, 0.15) is 11.6 Å². The fraction of sp³-hybridized carbons (Fsp3) is 0.444. The summed E-state index contributed by atoms with van der Waals surface area (Å²) in [5.41, 5.74) is 3.67. The van der Waals surface area contributed by atoms with Gasteiger partial charge in [-0.1, -0.05) is 6.07 Å². The molecule has 34 heavy (non-hydrogen) atoms. The van der Waals surface area contributed by atoms with Gasteiger partial charge in [-0.05, 0) is 67.7 Å². The lowest BCUT2D eigenvalue weighted by Crippen LogP contribution is -2.42. The van der Waals surface area contributed by atoms with Crippen molar-refractivity contribution in [2.75, 3.05) is 50.8 Å². The Morgan fingerprint density at radius 2 is 1.85 bits per heavy atom. The van der Waals surface area contributed by atoms with Crippen molar-refractivity contribution in [2.45, 2.75) is 31.7 Å². The van der Waals surface area contributed by atoms with Crippen LogP contribution in [0.3, 0.4) is 0 Å². The Kier molecular flexibility index (Phi) is 5.65. The predicted octanol–water partition coefficient (Wildman–Crippen LogP) is 4.12. The number of allylic oxidation sites excluding steroid dienone is 1. The molecule has 0 saturated carbocycles. The first kappa shape index (κ1) is 21.5. The van der Waals surface area contributed by atoms with Crippen molar-refractivity contribution in [3.8, 4) is 5.75 Å². The third-order valence-corrected chi connectivity index (χ3v) is 7.36. The second kappa shape index (κ2) is 8.95. The summed E-state index contributed by atoms with van der Waals surface area (Å²) in [6.07, 6.45) is 5.85. The number of benzene rings is 2. The molecule has 0 bridgehead atoms. The quantitative estimate of drug-likeness (QED) is 0.683. The van der Waals surface area contributed by atoms with Crippen LogP contribution in [0, 0.1) is 5.82 Å². The number of morpholine rings is 1. The van der Waals surface area contributed by atoms with Gasteiger partial charge in [0, 0.05) is 49.5 Å². The second-order valence-corrected chi connectivity index (χ2v) is 9.48. The SMILES string of the molecule is O=C(c1cc2c(c(C3CCCN3c3cccc(F)c3)c1)OC(N1CCOCC1)=CC2)N1CCC1. The van der Waals surface area contributed by atoms with Crippen molar-refractivity contribution in [3.63, 3.8) is 0 Å². The Labute approximate surface area is 199 Å². The van der Waals surface area contributed by atoms with Gasteiger partial charge >= 0.3 is 0 Å². The molecule has 3 saturated heterocycles. The van der Waals surface area contributed by atoms with Gasteiger partial charge in [0.05, 0.1) is 19.3 Å². The summed E-state index contributed by atoms with van der Waals surface area (Å²) in [7, 11) is 0. The average molecular weight is 464 g/mol. The molecule has 3 fully saturated rings. The number of amides is 1. The lowest BCUT2D eigenvalue weighted by molar-refractivity contribution is 0.0337. The van der Waals surface area contributed by atoms with E-state index in [-0.39, 0.29) is 17.8 Å². The van der Waals surface area contributed by atoms with E-state index in [0.717, 1.165) is 92.4 Å². The van der Waals surface area contributed by atoms with Crippen LogP contribution in [0.4, 0.5) is 10.1 Å². The summed E-state index contributed by atoms with van der Waals surface area (Å²) in [6, 6.07) is 10.9. The van der Waals surface area contributed by atoms with Crippen molar-refractivity contribution in [2.24, 2.45) is 0 Å². The molecule has 4 aliphatic heterocycles. The first-order chi connectivity index (χ1) is 16.7. The Morgan fingerprint density at radius 3 is 2.62 bits per heavy atom. The number of likely N-dealkylation sites (tertiary alicyclic amines) is 1. The number of anilines is 1. The van der Waals surface area contributed by atoms with Crippen LogP contribution in [0.2, 0.25) is 0 Å². The first-order valence-corrected chi connectivity index (χ1v) is 12.4. The lowest BCUT2D eigenvalue weighted by atomic mass is 9.93. The minimum Gasteiger partial charge on any atom is -0.441 e. The highest BCUT2D eigenvalue weighted by atomic mass is 19.1. The number of rotatable bonds is 4. The lowest BCUT2D eigenvalue weighted by Gasteiger charge is -2.36. The number of carbonyl (C=O) groups excluding carboxylic acids is 1. The van der Waals surface area contributed by atoms with Gasteiger partial charge < -0.3 is 24.2 Å². The van der Waals surface area contributed by atoms with E-state index in [1.54, 1.807) is 12.1 Å². The van der Waals surface area contributed by atoms with Gasteiger partial charge in [-0.25, -0.2) is 4.39 Å². The van der Waals surface area contributed by atoms with E-state index >= 15 is 0 Å². The largest absolute Gasteiger partial charge is 0.441 e. The van der Waals surface area contributed by atoms with Crippen molar-refractivity contribution < 1.29 is 18.7 Å². The van der Waals surface area contributed by atoms with Gasteiger partial charge in [0.15, 0.2) is 5.88 Å². The molecule has 1 atom stereocenters. The molecule has 6 nitrogen and oxygen atoms in total. The number of nitrogens with zero attached hydrogens (tertiary/aromatic N) is 3. The molecule has 0 N–H and O–H groups in total. The van der Waals surface area contributed by atoms with Gasteiger partial charge in [-0.3, -0.25) is 4.79 Å². The monoisotopic (exact) mass is 463 g/mol. The number of fused-ring (bicyclic) bond motifs is 1. The van der Waals surface area contributed by atoms with Crippen molar-refractivity contribution in [1.82, 2.24) is 9.80 Å². The fourth-order valence-corrected chi connectivity index (χ4v) is 5.44. The molecule has 2 aromatic carbocycles. The number of hydrogen-bond acceptors (Lipinski definition) is 5. The Morgan fingerprint density at radius 1 is 1.00 bits per heavy atom. The van der Waals surface area contributed by atoms with E-state index in [1.165, 1.54) is 6.07 Å². The summed E-state index contributed by atoms with van der Waals surface area (Å²) in [4.78, 5) is 19.6. The summed E-state index contributed by atoms with van der Waals surface area (Å²) >= 11 is 0. The van der Waals surface area contributed by atoms with Crippen molar-refractivity contribution in [1.29, 1.82) is 0 Å². The van der Waals surface area contributed by atoms with Crippen molar-refractivity contribution in [3.05, 3.63) is 70.9 Å². The molecule has 1 amide bonds. The highest BCUT2D eigenvalue weighted by molar-refractivity contribution is 5.95. The van der Waals surface area contributed by atoms with Crippen LogP contribution >= 0.6 is 0 Å². The predicted molar refractivity (Wildman–Crippen MR) is 127 cm³/mol. The van der Waals surface area contributed by atoms with Gasteiger partial charge in [0.25, 0.3) is 5.91 Å². The van der Waals surface area contributed by atoms with E-state index in [1.807, 2.05) is 23.1 Å². The van der Waals surface area contributed by atoms with E-state index in [9.17, 15) is 9.18 Å². The number of halogens is 1. The normalized spacial score (nSPS) is 22.1. The molecule has 0 aliphatic carbocycles. The molecule has 2 aromatic rings. The third kappa shape index (κ3) is 3.92. The zero-order chi connectivity index (χ0) is 23.1. The summed E-state index contributed by atoms with van der Waals surface area (Å²) < 4.78 is 26.1. The van der Waals surface area contributed by atoms with E-state index in [4.69, 9.17) is 9.47 Å². The molecule has 178 valence electrons. The molecule has 0 spiro atoms. The first-order valence-electron chi connectivity index (χ1n) is 12.4. The minimum atomic E-state index is -0.235. The third-order valence-electron chi connectivity index (χ3n) is 7.36. The molecule has 7 heteroatoms. The average Bonchev–Trinajstić information content (AvgIpc) is 3.32. The van der Waals surface area contributed by atoms with E-state index < -0.39 is 0 Å². The zero-order valence-electron chi connectivity index (χ0n) is 19.3. The maximum atomic E-state index is 14.1. The zero-order valence-corrected chi connectivity index (χ0v) is 19.3. The summed E-state index contributed by atoms with van der Waals surface area (Å²) in [6.45, 7) is 5.49. The molecule has 0 radical (unpaired) electrons. The van der Waals surface area contributed by atoms with Crippen molar-refractivity contribution >= 4 is 11.6 Å². The van der Waals surface area contributed by atoms with E-state index in [2.05, 4.69) is 15.9 Å². The molecule has 0 aromatic heterocycles. The van der Waals surface area contributed by atoms with Crippen LogP contribution in [-0.4, -0.2) is 61.6 Å². The van der Waals surface area contributed by atoms with Crippen LogP contribution in [0.15, 0.2) is 48.4 Å². The maximum Gasteiger partial charge on any atom is 0.253 e. The molecule has 6 rings (SSSR count). The molecular weight excluding hydrogens is 433 g/mol. The number of ether oxygens (including phenoxy) is 2. The summed E-state index contributed by atoms with van der Waals surface area (Å²) in [5, 5.41) is 0. The van der Waals surface area contributed by atoms with Gasteiger partial charge in [-0.2, -0.15) is 0 Å². The second-order valence-electron chi connectivity index (χ2n) is 9.48.